The van der Waals surface area contributed by atoms with Crippen molar-refractivity contribution in [2.45, 2.75) is 19.8 Å². The number of ether oxygens (including phenoxy) is 1. The molecule has 1 aliphatic heterocycles. The fourth-order valence-corrected chi connectivity index (χ4v) is 2.71. The Labute approximate surface area is 143 Å². The van der Waals surface area contributed by atoms with Gasteiger partial charge in [0.2, 0.25) is 0 Å². The molecule has 0 spiro atoms. The number of nitrogens with one attached hydrogen (secondary N) is 1. The third kappa shape index (κ3) is 6.03. The standard InChI is InChI=1S/C16H23ClN2O2.ClH/c1-2-18-11-13-6-8-19(9-7-13)16(20)12-21-15-5-3-4-14(17)10-15;/h3-5,10,13,18H,2,6-9,11-12H2,1H3;1H. The summed E-state index contributed by atoms with van der Waals surface area (Å²) in [4.78, 5) is 14.0. The maximum atomic E-state index is 12.1. The topological polar surface area (TPSA) is 41.6 Å². The Morgan fingerprint density at radius 2 is 2.14 bits per heavy atom. The number of carbonyl (C=O) groups is 1. The van der Waals surface area contributed by atoms with Crippen molar-refractivity contribution in [3.8, 4) is 5.75 Å². The molecule has 0 saturated carbocycles. The largest absolute Gasteiger partial charge is 0.484 e. The van der Waals surface area contributed by atoms with Crippen molar-refractivity contribution in [3.63, 3.8) is 0 Å². The Kier molecular flexibility index (Phi) is 8.61. The summed E-state index contributed by atoms with van der Waals surface area (Å²) in [5.74, 6) is 1.37. The van der Waals surface area contributed by atoms with Crippen molar-refractivity contribution in [2.75, 3.05) is 32.8 Å². The van der Waals surface area contributed by atoms with E-state index < -0.39 is 0 Å². The van der Waals surface area contributed by atoms with Crippen LogP contribution >= 0.6 is 24.0 Å². The molecule has 1 aliphatic rings. The van der Waals surface area contributed by atoms with Crippen LogP contribution in [0.25, 0.3) is 0 Å². The zero-order valence-corrected chi connectivity index (χ0v) is 14.5. The van der Waals surface area contributed by atoms with Crippen LogP contribution in [0.2, 0.25) is 5.02 Å². The second-order valence-electron chi connectivity index (χ2n) is 5.38. The summed E-state index contributed by atoms with van der Waals surface area (Å²) in [7, 11) is 0. The first-order chi connectivity index (χ1) is 10.2. The highest BCUT2D eigenvalue weighted by molar-refractivity contribution is 6.30. The van der Waals surface area contributed by atoms with Gasteiger partial charge in [0, 0.05) is 18.1 Å². The van der Waals surface area contributed by atoms with Crippen LogP contribution in [0.3, 0.4) is 0 Å². The Hall–Kier alpha value is -0.970. The van der Waals surface area contributed by atoms with Gasteiger partial charge in [-0.1, -0.05) is 24.6 Å². The van der Waals surface area contributed by atoms with Crippen molar-refractivity contribution in [3.05, 3.63) is 29.3 Å². The predicted molar refractivity (Wildman–Crippen MR) is 92.0 cm³/mol. The molecule has 2 rings (SSSR count). The lowest BCUT2D eigenvalue weighted by Crippen LogP contribution is -2.42. The quantitative estimate of drug-likeness (QED) is 0.860. The first-order valence-electron chi connectivity index (χ1n) is 7.56. The van der Waals surface area contributed by atoms with Crippen molar-refractivity contribution < 1.29 is 9.53 Å². The van der Waals surface area contributed by atoms with Gasteiger partial charge in [-0.15, -0.1) is 12.4 Å². The first-order valence-corrected chi connectivity index (χ1v) is 7.93. The van der Waals surface area contributed by atoms with E-state index in [4.69, 9.17) is 16.3 Å². The lowest BCUT2D eigenvalue weighted by Gasteiger charge is -2.32. The van der Waals surface area contributed by atoms with Gasteiger partial charge in [0.15, 0.2) is 6.61 Å². The highest BCUT2D eigenvalue weighted by atomic mass is 35.5. The Morgan fingerprint density at radius 1 is 1.41 bits per heavy atom. The molecule has 22 heavy (non-hydrogen) atoms. The predicted octanol–water partition coefficient (Wildman–Crippen LogP) is 2.99. The molecule has 1 heterocycles. The summed E-state index contributed by atoms with van der Waals surface area (Å²) in [5.41, 5.74) is 0. The van der Waals surface area contributed by atoms with Gasteiger partial charge in [-0.2, -0.15) is 0 Å². The van der Waals surface area contributed by atoms with Crippen LogP contribution in [0.4, 0.5) is 0 Å². The smallest absolute Gasteiger partial charge is 0.260 e. The van der Waals surface area contributed by atoms with Gasteiger partial charge >= 0.3 is 0 Å². The number of likely N-dealkylation sites (tertiary alicyclic amines) is 1. The molecule has 0 aromatic heterocycles. The number of carbonyl (C=O) groups excluding carboxylic acids is 1. The van der Waals surface area contributed by atoms with Crippen molar-refractivity contribution in [1.29, 1.82) is 0 Å². The third-order valence-electron chi connectivity index (χ3n) is 3.81. The first kappa shape index (κ1) is 19.1. The van der Waals surface area contributed by atoms with Crippen LogP contribution in [0.15, 0.2) is 24.3 Å². The van der Waals surface area contributed by atoms with E-state index in [0.29, 0.717) is 16.7 Å². The summed E-state index contributed by atoms with van der Waals surface area (Å²) >= 11 is 5.89. The molecule has 0 aliphatic carbocycles. The minimum Gasteiger partial charge on any atom is -0.484 e. The fourth-order valence-electron chi connectivity index (χ4n) is 2.53. The maximum absolute atomic E-state index is 12.1. The van der Waals surface area contributed by atoms with E-state index in [9.17, 15) is 4.79 Å². The number of halogens is 2. The summed E-state index contributed by atoms with van der Waals surface area (Å²) in [6.07, 6.45) is 2.13. The van der Waals surface area contributed by atoms with E-state index in [2.05, 4.69) is 12.2 Å². The third-order valence-corrected chi connectivity index (χ3v) is 4.04. The number of hydrogen-bond donors (Lipinski definition) is 1. The van der Waals surface area contributed by atoms with E-state index in [-0.39, 0.29) is 24.9 Å². The summed E-state index contributed by atoms with van der Waals surface area (Å²) in [6, 6.07) is 7.12. The van der Waals surface area contributed by atoms with Gasteiger partial charge in [-0.3, -0.25) is 4.79 Å². The molecule has 6 heteroatoms. The Balaban J connectivity index is 0.00000242. The average Bonchev–Trinajstić information content (AvgIpc) is 2.51. The monoisotopic (exact) mass is 346 g/mol. The highest BCUT2D eigenvalue weighted by Gasteiger charge is 2.22. The molecule has 1 aromatic rings. The molecule has 1 amide bonds. The van der Waals surface area contributed by atoms with E-state index >= 15 is 0 Å². The molecular weight excluding hydrogens is 323 g/mol. The maximum Gasteiger partial charge on any atom is 0.260 e. The Morgan fingerprint density at radius 3 is 2.77 bits per heavy atom. The van der Waals surface area contributed by atoms with Gasteiger partial charge in [0.1, 0.15) is 5.75 Å². The number of nitrogens with zero attached hydrogens (tertiary/aromatic N) is 1. The summed E-state index contributed by atoms with van der Waals surface area (Å²) in [5, 5.41) is 3.99. The summed E-state index contributed by atoms with van der Waals surface area (Å²) in [6.45, 7) is 5.91. The molecule has 0 radical (unpaired) electrons. The minimum atomic E-state index is 0. The molecule has 1 aromatic carbocycles. The van der Waals surface area contributed by atoms with Crippen molar-refractivity contribution in [1.82, 2.24) is 10.2 Å². The van der Waals surface area contributed by atoms with Gasteiger partial charge in [-0.25, -0.2) is 0 Å². The van der Waals surface area contributed by atoms with Crippen LogP contribution in [0.5, 0.6) is 5.75 Å². The minimum absolute atomic E-state index is 0. The van der Waals surface area contributed by atoms with E-state index in [0.717, 1.165) is 39.0 Å². The Bertz CT molecular complexity index is 463. The molecule has 0 atom stereocenters. The number of benzene rings is 1. The fraction of sp³-hybridized carbons (Fsp3) is 0.562. The molecule has 1 saturated heterocycles. The van der Waals surface area contributed by atoms with E-state index in [1.807, 2.05) is 17.0 Å². The summed E-state index contributed by atoms with van der Waals surface area (Å²) < 4.78 is 5.51. The molecule has 124 valence electrons. The molecule has 1 N–H and O–H groups in total. The molecule has 0 bridgehead atoms. The number of rotatable bonds is 6. The van der Waals surface area contributed by atoms with Crippen molar-refractivity contribution >= 4 is 29.9 Å². The second-order valence-corrected chi connectivity index (χ2v) is 5.81. The SMILES string of the molecule is CCNCC1CCN(C(=O)COc2cccc(Cl)c2)CC1.Cl. The van der Waals surface area contributed by atoms with Gasteiger partial charge in [-0.05, 0) is 50.0 Å². The lowest BCUT2D eigenvalue weighted by molar-refractivity contribution is -0.134. The van der Waals surface area contributed by atoms with E-state index in [1.165, 1.54) is 0 Å². The number of hydrogen-bond acceptors (Lipinski definition) is 3. The van der Waals surface area contributed by atoms with Gasteiger partial charge in [0.25, 0.3) is 5.91 Å². The normalized spacial score (nSPS) is 15.3. The zero-order valence-electron chi connectivity index (χ0n) is 12.9. The van der Waals surface area contributed by atoms with Crippen molar-refractivity contribution in [2.24, 2.45) is 5.92 Å². The molecule has 0 unspecified atom stereocenters. The van der Waals surface area contributed by atoms with Crippen LogP contribution in [0.1, 0.15) is 19.8 Å². The average molecular weight is 347 g/mol. The second kappa shape index (κ2) is 9.93. The van der Waals surface area contributed by atoms with Gasteiger partial charge in [0.05, 0.1) is 0 Å². The van der Waals surface area contributed by atoms with Gasteiger partial charge < -0.3 is 15.0 Å². The number of amides is 1. The highest BCUT2D eigenvalue weighted by Crippen LogP contribution is 2.19. The molecule has 1 fully saturated rings. The van der Waals surface area contributed by atoms with Crippen LogP contribution in [-0.2, 0) is 4.79 Å². The zero-order chi connectivity index (χ0) is 15.1. The van der Waals surface area contributed by atoms with Crippen LogP contribution in [-0.4, -0.2) is 43.6 Å². The lowest BCUT2D eigenvalue weighted by atomic mass is 9.97. The number of piperidine rings is 1. The van der Waals surface area contributed by atoms with Crippen LogP contribution in [0, 0.1) is 5.92 Å². The van der Waals surface area contributed by atoms with E-state index in [1.54, 1.807) is 12.1 Å². The molecular formula is C16H24Cl2N2O2. The molecule has 4 nitrogen and oxygen atoms in total. The van der Waals surface area contributed by atoms with Crippen LogP contribution < -0.4 is 10.1 Å².